The highest BCUT2D eigenvalue weighted by Crippen LogP contribution is 2.26. The summed E-state index contributed by atoms with van der Waals surface area (Å²) in [4.78, 5) is 11.7. The lowest BCUT2D eigenvalue weighted by atomic mass is 10.3. The molecular weight excluding hydrogens is 270 g/mol. The number of halogens is 3. The average molecular weight is 283 g/mol. The van der Waals surface area contributed by atoms with Crippen LogP contribution in [-0.2, 0) is 4.79 Å². The highest BCUT2D eigenvalue weighted by atomic mass is 35.5. The Bertz CT molecular complexity index is 360. The van der Waals surface area contributed by atoms with E-state index in [-0.39, 0.29) is 18.3 Å². The van der Waals surface area contributed by atoms with Crippen LogP contribution in [0.2, 0.25) is 0 Å². The number of carbonyl (C=O) groups is 1. The SMILES string of the molecule is CC(N)C(=O)Nc1ccc(SC(F)F)cc1.Cl. The van der Waals surface area contributed by atoms with E-state index >= 15 is 0 Å². The van der Waals surface area contributed by atoms with E-state index in [2.05, 4.69) is 5.32 Å². The second-order valence-corrected chi connectivity index (χ2v) is 4.24. The zero-order valence-corrected chi connectivity index (χ0v) is 10.7. The first-order valence-electron chi connectivity index (χ1n) is 4.60. The molecule has 0 radical (unpaired) electrons. The third-order valence-corrected chi connectivity index (χ3v) is 2.48. The zero-order chi connectivity index (χ0) is 12.1. The Labute approximate surface area is 109 Å². The van der Waals surface area contributed by atoms with E-state index in [0.717, 1.165) is 0 Å². The van der Waals surface area contributed by atoms with E-state index in [9.17, 15) is 13.6 Å². The number of nitrogens with one attached hydrogen (secondary N) is 1. The Hall–Kier alpha value is -0.850. The van der Waals surface area contributed by atoms with Crippen molar-refractivity contribution in [2.75, 3.05) is 5.32 Å². The molecule has 1 unspecified atom stereocenters. The standard InChI is InChI=1S/C10H12F2N2OS.ClH/c1-6(13)9(15)14-7-2-4-8(5-3-7)16-10(11)12;/h2-6,10H,13H2,1H3,(H,14,15);1H. The van der Waals surface area contributed by atoms with Crippen molar-refractivity contribution in [3.63, 3.8) is 0 Å². The monoisotopic (exact) mass is 282 g/mol. The molecule has 3 N–H and O–H groups in total. The summed E-state index contributed by atoms with van der Waals surface area (Å²) in [6.07, 6.45) is 0. The Balaban J connectivity index is 0.00000256. The van der Waals surface area contributed by atoms with Crippen LogP contribution in [0, 0.1) is 0 Å². The Morgan fingerprint density at radius 1 is 1.35 bits per heavy atom. The van der Waals surface area contributed by atoms with Crippen LogP contribution in [0.5, 0.6) is 0 Å². The molecular formula is C10H13ClF2N2OS. The van der Waals surface area contributed by atoms with Crippen LogP contribution >= 0.6 is 24.2 Å². The van der Waals surface area contributed by atoms with Crippen LogP contribution in [0.25, 0.3) is 0 Å². The predicted octanol–water partition coefficient (Wildman–Crippen LogP) is 2.71. The van der Waals surface area contributed by atoms with E-state index in [1.54, 1.807) is 19.1 Å². The fraction of sp³-hybridized carbons (Fsp3) is 0.300. The van der Waals surface area contributed by atoms with Gasteiger partial charge < -0.3 is 11.1 Å². The second kappa shape index (κ2) is 7.47. The maximum absolute atomic E-state index is 12.0. The van der Waals surface area contributed by atoms with Gasteiger partial charge in [0.25, 0.3) is 5.76 Å². The van der Waals surface area contributed by atoms with Crippen molar-refractivity contribution in [3.05, 3.63) is 24.3 Å². The lowest BCUT2D eigenvalue weighted by Crippen LogP contribution is -2.32. The molecule has 0 aliphatic rings. The predicted molar refractivity (Wildman–Crippen MR) is 67.8 cm³/mol. The van der Waals surface area contributed by atoms with Gasteiger partial charge >= 0.3 is 0 Å². The molecule has 0 aromatic heterocycles. The molecule has 96 valence electrons. The van der Waals surface area contributed by atoms with Crippen molar-refractivity contribution in [2.24, 2.45) is 5.73 Å². The van der Waals surface area contributed by atoms with E-state index in [4.69, 9.17) is 5.73 Å². The molecule has 7 heteroatoms. The van der Waals surface area contributed by atoms with E-state index < -0.39 is 11.8 Å². The lowest BCUT2D eigenvalue weighted by molar-refractivity contribution is -0.117. The van der Waals surface area contributed by atoms with E-state index in [1.165, 1.54) is 12.1 Å². The summed E-state index contributed by atoms with van der Waals surface area (Å²) >= 11 is 0.462. The molecule has 0 saturated carbocycles. The summed E-state index contributed by atoms with van der Waals surface area (Å²) in [6, 6.07) is 5.56. The number of anilines is 1. The number of thioether (sulfide) groups is 1. The topological polar surface area (TPSA) is 55.1 Å². The molecule has 1 amide bonds. The first-order chi connectivity index (χ1) is 7.49. The van der Waals surface area contributed by atoms with Crippen LogP contribution in [0.3, 0.4) is 0 Å². The molecule has 0 fully saturated rings. The number of hydrogen-bond donors (Lipinski definition) is 2. The van der Waals surface area contributed by atoms with Crippen LogP contribution in [0.15, 0.2) is 29.2 Å². The van der Waals surface area contributed by atoms with Crippen molar-refractivity contribution in [2.45, 2.75) is 23.6 Å². The minimum Gasteiger partial charge on any atom is -0.325 e. The second-order valence-electron chi connectivity index (χ2n) is 3.18. The molecule has 0 bridgehead atoms. The molecule has 0 aliphatic carbocycles. The minimum atomic E-state index is -2.44. The van der Waals surface area contributed by atoms with Gasteiger partial charge in [-0.1, -0.05) is 11.8 Å². The summed E-state index contributed by atoms with van der Waals surface area (Å²) in [5.74, 6) is -2.75. The normalized spacial score (nSPS) is 11.8. The molecule has 1 atom stereocenters. The minimum absolute atomic E-state index is 0. The Kier molecular flexibility index (Phi) is 7.10. The number of alkyl halides is 2. The van der Waals surface area contributed by atoms with Gasteiger partial charge in [-0.25, -0.2) is 0 Å². The van der Waals surface area contributed by atoms with Crippen LogP contribution < -0.4 is 11.1 Å². The summed E-state index contributed by atoms with van der Waals surface area (Å²) in [5, 5.41) is 2.56. The van der Waals surface area contributed by atoms with Gasteiger partial charge in [-0.3, -0.25) is 4.79 Å². The Morgan fingerprint density at radius 2 is 1.88 bits per heavy atom. The summed E-state index contributed by atoms with van der Waals surface area (Å²) in [7, 11) is 0. The number of nitrogens with two attached hydrogens (primary N) is 1. The average Bonchev–Trinajstić information content (AvgIpc) is 2.20. The quantitative estimate of drug-likeness (QED) is 0.835. The fourth-order valence-corrected chi connectivity index (χ4v) is 1.47. The van der Waals surface area contributed by atoms with Crippen molar-refractivity contribution in [3.8, 4) is 0 Å². The summed E-state index contributed by atoms with van der Waals surface area (Å²) in [5.41, 5.74) is 5.91. The van der Waals surface area contributed by atoms with Gasteiger partial charge in [0.2, 0.25) is 5.91 Å². The van der Waals surface area contributed by atoms with Crippen molar-refractivity contribution < 1.29 is 13.6 Å². The van der Waals surface area contributed by atoms with Crippen LogP contribution in [0.1, 0.15) is 6.92 Å². The molecule has 3 nitrogen and oxygen atoms in total. The molecule has 1 aromatic rings. The van der Waals surface area contributed by atoms with Gasteiger partial charge in [-0.05, 0) is 31.2 Å². The molecule has 1 rings (SSSR count). The first kappa shape index (κ1) is 16.1. The number of amides is 1. The van der Waals surface area contributed by atoms with Crippen LogP contribution in [-0.4, -0.2) is 17.7 Å². The number of rotatable bonds is 4. The third kappa shape index (κ3) is 5.86. The van der Waals surface area contributed by atoms with Crippen LogP contribution in [0.4, 0.5) is 14.5 Å². The highest BCUT2D eigenvalue weighted by molar-refractivity contribution is 7.99. The molecule has 0 spiro atoms. The van der Waals surface area contributed by atoms with Gasteiger partial charge in [0.15, 0.2) is 0 Å². The number of carbonyl (C=O) groups excluding carboxylic acids is 1. The molecule has 17 heavy (non-hydrogen) atoms. The smallest absolute Gasteiger partial charge is 0.288 e. The molecule has 1 aromatic carbocycles. The maximum atomic E-state index is 12.0. The number of hydrogen-bond acceptors (Lipinski definition) is 3. The van der Waals surface area contributed by atoms with Gasteiger partial charge in [-0.2, -0.15) is 8.78 Å². The largest absolute Gasteiger partial charge is 0.325 e. The van der Waals surface area contributed by atoms with Gasteiger partial charge in [0.05, 0.1) is 6.04 Å². The molecule has 0 heterocycles. The van der Waals surface area contributed by atoms with Crippen molar-refractivity contribution in [1.82, 2.24) is 0 Å². The number of benzene rings is 1. The van der Waals surface area contributed by atoms with Crippen molar-refractivity contribution >= 4 is 35.8 Å². The fourth-order valence-electron chi connectivity index (χ4n) is 0.976. The summed E-state index contributed by atoms with van der Waals surface area (Å²) < 4.78 is 24.0. The van der Waals surface area contributed by atoms with Gasteiger partial charge in [0.1, 0.15) is 0 Å². The first-order valence-corrected chi connectivity index (χ1v) is 5.48. The van der Waals surface area contributed by atoms with Gasteiger partial charge in [0, 0.05) is 10.6 Å². The van der Waals surface area contributed by atoms with Gasteiger partial charge in [-0.15, -0.1) is 12.4 Å². The van der Waals surface area contributed by atoms with E-state index in [1.807, 2.05) is 0 Å². The van der Waals surface area contributed by atoms with Crippen molar-refractivity contribution in [1.29, 1.82) is 0 Å². The molecule has 0 saturated heterocycles. The maximum Gasteiger partial charge on any atom is 0.288 e. The summed E-state index contributed by atoms with van der Waals surface area (Å²) in [6.45, 7) is 1.57. The Morgan fingerprint density at radius 3 is 2.29 bits per heavy atom. The van der Waals surface area contributed by atoms with E-state index in [0.29, 0.717) is 22.3 Å². The highest BCUT2D eigenvalue weighted by Gasteiger charge is 2.08. The third-order valence-electron chi connectivity index (χ3n) is 1.76. The lowest BCUT2D eigenvalue weighted by Gasteiger charge is -2.08. The zero-order valence-electron chi connectivity index (χ0n) is 9.02. The molecule has 0 aliphatic heterocycles.